The number of hydrogen-bond donors (Lipinski definition) is 2. The Morgan fingerprint density at radius 3 is 2.57 bits per heavy atom. The number of nitrogens with two attached hydrogens (primary N) is 1. The van der Waals surface area contributed by atoms with Crippen LogP contribution in [0.3, 0.4) is 0 Å². The molecule has 0 saturated carbocycles. The van der Waals surface area contributed by atoms with Gasteiger partial charge in [0, 0.05) is 13.1 Å². The number of sulfone groups is 1. The molecule has 1 unspecified atom stereocenters. The Kier molecular flexibility index (Phi) is 4.53. The second-order valence-corrected chi connectivity index (χ2v) is 7.71. The normalized spacial score (nSPS) is 21.9. The minimum absolute atomic E-state index is 0.0150. The van der Waals surface area contributed by atoms with E-state index in [4.69, 9.17) is 5.73 Å². The van der Waals surface area contributed by atoms with Crippen molar-refractivity contribution in [1.82, 2.24) is 4.90 Å². The van der Waals surface area contributed by atoms with E-state index in [2.05, 4.69) is 0 Å². The topological polar surface area (TPSA) is 101 Å². The molecule has 1 saturated heterocycles. The molecule has 7 heteroatoms. The summed E-state index contributed by atoms with van der Waals surface area (Å²) in [6, 6.07) is 5.50. The van der Waals surface area contributed by atoms with Crippen molar-refractivity contribution in [2.24, 2.45) is 5.73 Å². The van der Waals surface area contributed by atoms with Crippen molar-refractivity contribution in [3.05, 3.63) is 29.8 Å². The summed E-state index contributed by atoms with van der Waals surface area (Å²) in [4.78, 5) is 13.7. The summed E-state index contributed by atoms with van der Waals surface area (Å²) in [5.74, 6) is 0.0426. The molecule has 116 valence electrons. The zero-order valence-corrected chi connectivity index (χ0v) is 12.7. The second-order valence-electron chi connectivity index (χ2n) is 5.48. The van der Waals surface area contributed by atoms with Gasteiger partial charge in [-0.3, -0.25) is 4.79 Å². The van der Waals surface area contributed by atoms with Gasteiger partial charge < -0.3 is 15.7 Å². The Bertz CT molecular complexity index is 612. The molecule has 2 atom stereocenters. The van der Waals surface area contributed by atoms with Gasteiger partial charge in [-0.1, -0.05) is 12.1 Å². The van der Waals surface area contributed by atoms with Gasteiger partial charge in [-0.25, -0.2) is 8.42 Å². The first-order valence-corrected chi connectivity index (χ1v) is 8.61. The van der Waals surface area contributed by atoms with Crippen molar-refractivity contribution in [2.45, 2.75) is 24.9 Å². The molecule has 3 N–H and O–H groups in total. The number of carbonyl (C=O) groups is 1. The molecule has 6 nitrogen and oxygen atoms in total. The molecule has 1 heterocycles. The summed E-state index contributed by atoms with van der Waals surface area (Å²) in [6.45, 7) is 0. The summed E-state index contributed by atoms with van der Waals surface area (Å²) in [7, 11) is -1.42. The summed E-state index contributed by atoms with van der Waals surface area (Å²) >= 11 is 0. The number of phenolic OH excluding ortho intramolecular Hbond substituents is 1. The third kappa shape index (κ3) is 3.95. The lowest BCUT2D eigenvalue weighted by atomic mass is 10.0. The number of nitrogens with zero attached hydrogens (tertiary/aromatic N) is 1. The fourth-order valence-electron chi connectivity index (χ4n) is 2.50. The van der Waals surface area contributed by atoms with Gasteiger partial charge in [-0.2, -0.15) is 0 Å². The predicted molar refractivity (Wildman–Crippen MR) is 79.6 cm³/mol. The van der Waals surface area contributed by atoms with Crippen LogP contribution in [0.1, 0.15) is 12.0 Å². The number of carbonyl (C=O) groups excluding carboxylic acids is 1. The molecule has 0 spiro atoms. The number of aromatic hydroxyl groups is 1. The summed E-state index contributed by atoms with van der Waals surface area (Å²) in [5, 5.41) is 9.22. The first kappa shape index (κ1) is 15.8. The van der Waals surface area contributed by atoms with E-state index in [0.717, 1.165) is 5.56 Å². The zero-order chi connectivity index (χ0) is 15.6. The lowest BCUT2D eigenvalue weighted by Gasteiger charge is -2.26. The average molecular weight is 312 g/mol. The van der Waals surface area contributed by atoms with Crippen molar-refractivity contribution < 1.29 is 18.3 Å². The highest BCUT2D eigenvalue weighted by Gasteiger charge is 2.34. The highest BCUT2D eigenvalue weighted by Crippen LogP contribution is 2.18. The first-order valence-electron chi connectivity index (χ1n) is 6.79. The van der Waals surface area contributed by atoms with Crippen LogP contribution in [0, 0.1) is 0 Å². The molecule has 1 aromatic carbocycles. The Hall–Kier alpha value is -1.60. The molecule has 1 aliphatic heterocycles. The molecule has 1 aliphatic rings. The monoisotopic (exact) mass is 312 g/mol. The van der Waals surface area contributed by atoms with E-state index in [0.29, 0.717) is 12.8 Å². The molecular formula is C14H20N2O4S. The summed E-state index contributed by atoms with van der Waals surface area (Å²) < 4.78 is 22.9. The molecule has 2 rings (SSSR count). The Morgan fingerprint density at radius 1 is 1.43 bits per heavy atom. The van der Waals surface area contributed by atoms with Crippen LogP contribution in [-0.2, 0) is 21.1 Å². The standard InChI is InChI=1S/C14H20N2O4S/c1-16(11-6-7-21(19,20)9-11)14(18)13(15)8-10-2-4-12(17)5-3-10/h2-5,11,13,17H,6-9,15H2,1H3/t11?,13-/m0/s1. The van der Waals surface area contributed by atoms with Gasteiger partial charge in [0.2, 0.25) is 5.91 Å². The molecular weight excluding hydrogens is 292 g/mol. The van der Waals surface area contributed by atoms with E-state index in [1.807, 2.05) is 0 Å². The fraction of sp³-hybridized carbons (Fsp3) is 0.500. The minimum atomic E-state index is -3.03. The number of rotatable bonds is 4. The third-order valence-corrected chi connectivity index (χ3v) is 5.56. The van der Waals surface area contributed by atoms with E-state index < -0.39 is 15.9 Å². The number of benzene rings is 1. The summed E-state index contributed by atoms with van der Waals surface area (Å²) in [5.41, 5.74) is 6.77. The van der Waals surface area contributed by atoms with Crippen LogP contribution in [0.4, 0.5) is 0 Å². The van der Waals surface area contributed by atoms with Gasteiger partial charge in [-0.05, 0) is 30.5 Å². The Labute approximate surface area is 124 Å². The Balaban J connectivity index is 1.97. The van der Waals surface area contributed by atoms with Crippen LogP contribution in [0.25, 0.3) is 0 Å². The minimum Gasteiger partial charge on any atom is -0.508 e. The van der Waals surface area contributed by atoms with E-state index >= 15 is 0 Å². The van der Waals surface area contributed by atoms with Gasteiger partial charge in [-0.15, -0.1) is 0 Å². The molecule has 0 bridgehead atoms. The maximum atomic E-state index is 12.3. The van der Waals surface area contributed by atoms with E-state index in [-0.39, 0.29) is 29.2 Å². The zero-order valence-electron chi connectivity index (χ0n) is 11.9. The van der Waals surface area contributed by atoms with Crippen LogP contribution in [0.15, 0.2) is 24.3 Å². The van der Waals surface area contributed by atoms with E-state index in [1.54, 1.807) is 31.3 Å². The number of hydrogen-bond acceptors (Lipinski definition) is 5. The first-order chi connectivity index (χ1) is 9.78. The van der Waals surface area contributed by atoms with Crippen molar-refractivity contribution in [1.29, 1.82) is 0 Å². The number of likely N-dealkylation sites (N-methyl/N-ethyl adjacent to an activating group) is 1. The van der Waals surface area contributed by atoms with Crippen molar-refractivity contribution >= 4 is 15.7 Å². The fourth-order valence-corrected chi connectivity index (χ4v) is 4.27. The van der Waals surface area contributed by atoms with Crippen LogP contribution in [-0.4, -0.2) is 55.0 Å². The molecule has 0 radical (unpaired) electrons. The van der Waals surface area contributed by atoms with E-state index in [9.17, 15) is 18.3 Å². The van der Waals surface area contributed by atoms with Gasteiger partial charge in [0.1, 0.15) is 5.75 Å². The molecule has 21 heavy (non-hydrogen) atoms. The second kappa shape index (κ2) is 6.03. The summed E-state index contributed by atoms with van der Waals surface area (Å²) in [6.07, 6.45) is 0.819. The van der Waals surface area contributed by atoms with Crippen LogP contribution >= 0.6 is 0 Å². The molecule has 0 aromatic heterocycles. The number of phenols is 1. The van der Waals surface area contributed by atoms with Crippen molar-refractivity contribution in [2.75, 3.05) is 18.6 Å². The van der Waals surface area contributed by atoms with Crippen molar-refractivity contribution in [3.63, 3.8) is 0 Å². The van der Waals surface area contributed by atoms with Gasteiger partial charge in [0.25, 0.3) is 0 Å². The van der Waals surface area contributed by atoms with Gasteiger partial charge >= 0.3 is 0 Å². The quantitative estimate of drug-likeness (QED) is 0.809. The van der Waals surface area contributed by atoms with Crippen LogP contribution in [0.5, 0.6) is 5.75 Å². The molecule has 0 aliphatic carbocycles. The molecule has 1 amide bonds. The predicted octanol–water partition coefficient (Wildman–Crippen LogP) is -0.0925. The highest BCUT2D eigenvalue weighted by molar-refractivity contribution is 7.91. The maximum absolute atomic E-state index is 12.3. The smallest absolute Gasteiger partial charge is 0.239 e. The highest BCUT2D eigenvalue weighted by atomic mass is 32.2. The molecule has 1 fully saturated rings. The lowest BCUT2D eigenvalue weighted by Crippen LogP contribution is -2.47. The SMILES string of the molecule is CN(C(=O)[C@@H](N)Cc1ccc(O)cc1)C1CCS(=O)(=O)C1. The van der Waals surface area contributed by atoms with E-state index in [1.165, 1.54) is 4.90 Å². The number of amides is 1. The third-order valence-electron chi connectivity index (χ3n) is 3.81. The maximum Gasteiger partial charge on any atom is 0.239 e. The largest absolute Gasteiger partial charge is 0.508 e. The lowest BCUT2D eigenvalue weighted by molar-refractivity contribution is -0.132. The van der Waals surface area contributed by atoms with Crippen LogP contribution in [0.2, 0.25) is 0 Å². The average Bonchev–Trinajstić information content (AvgIpc) is 2.80. The van der Waals surface area contributed by atoms with Crippen LogP contribution < -0.4 is 5.73 Å². The van der Waals surface area contributed by atoms with Gasteiger partial charge in [0.05, 0.1) is 17.5 Å². The Morgan fingerprint density at radius 2 is 2.05 bits per heavy atom. The molecule has 1 aromatic rings. The van der Waals surface area contributed by atoms with Gasteiger partial charge in [0.15, 0.2) is 9.84 Å². The van der Waals surface area contributed by atoms with Crippen molar-refractivity contribution in [3.8, 4) is 5.75 Å².